The molecule has 3 N–H and O–H groups in total. The number of hydrogen-bond acceptors (Lipinski definition) is 5. The zero-order chi connectivity index (χ0) is 20.2. The fourth-order valence-corrected chi connectivity index (χ4v) is 3.44. The van der Waals surface area contributed by atoms with E-state index in [2.05, 4.69) is 10.6 Å². The Kier molecular flexibility index (Phi) is 6.22. The van der Waals surface area contributed by atoms with Crippen molar-refractivity contribution in [2.75, 3.05) is 17.6 Å². The summed E-state index contributed by atoms with van der Waals surface area (Å²) in [6.45, 7) is 4.92. The van der Waals surface area contributed by atoms with E-state index in [-0.39, 0.29) is 28.6 Å². The second-order valence-corrected chi connectivity index (χ2v) is 8.47. The molecule has 2 rings (SSSR count). The standard InChI is InChI=1S/C19H22N2O5S/c1-4-27(25,26)15-5-6-17(22)16(10-15)21-18(23)11-20-19(24)14-8-12(2)7-13(3)9-14/h5-10,22H,4,11H2,1-3H3,(H,20,24)(H,21,23). The molecule has 8 heteroatoms. The van der Waals surface area contributed by atoms with Crippen molar-refractivity contribution in [1.29, 1.82) is 0 Å². The third-order valence-corrected chi connectivity index (χ3v) is 5.61. The smallest absolute Gasteiger partial charge is 0.251 e. The quantitative estimate of drug-likeness (QED) is 0.655. The van der Waals surface area contributed by atoms with Crippen LogP contribution >= 0.6 is 0 Å². The van der Waals surface area contributed by atoms with Gasteiger partial charge in [0.2, 0.25) is 5.91 Å². The molecule has 0 radical (unpaired) electrons. The van der Waals surface area contributed by atoms with E-state index in [1.54, 1.807) is 12.1 Å². The minimum atomic E-state index is -3.48. The molecule has 0 saturated carbocycles. The number of hydrogen-bond donors (Lipinski definition) is 3. The monoisotopic (exact) mass is 390 g/mol. The molecule has 0 atom stereocenters. The Morgan fingerprint density at radius 3 is 2.26 bits per heavy atom. The molecule has 27 heavy (non-hydrogen) atoms. The van der Waals surface area contributed by atoms with Crippen LogP contribution in [-0.4, -0.2) is 37.6 Å². The maximum Gasteiger partial charge on any atom is 0.251 e. The fraction of sp³-hybridized carbons (Fsp3) is 0.263. The number of benzene rings is 2. The third-order valence-electron chi connectivity index (χ3n) is 3.87. The van der Waals surface area contributed by atoms with Gasteiger partial charge in [-0.3, -0.25) is 9.59 Å². The average molecular weight is 390 g/mol. The molecule has 0 aromatic heterocycles. The van der Waals surface area contributed by atoms with Crippen LogP contribution in [0.5, 0.6) is 5.75 Å². The van der Waals surface area contributed by atoms with Gasteiger partial charge in [0.25, 0.3) is 5.91 Å². The molecule has 7 nitrogen and oxygen atoms in total. The van der Waals surface area contributed by atoms with Crippen LogP contribution in [0.1, 0.15) is 28.4 Å². The normalized spacial score (nSPS) is 11.1. The van der Waals surface area contributed by atoms with Crippen molar-refractivity contribution in [3.63, 3.8) is 0 Å². The van der Waals surface area contributed by atoms with Gasteiger partial charge in [0.15, 0.2) is 9.84 Å². The van der Waals surface area contributed by atoms with Crippen LogP contribution in [0.25, 0.3) is 0 Å². The number of carbonyl (C=O) groups is 2. The average Bonchev–Trinajstić information content (AvgIpc) is 2.60. The Labute approximate surface area is 158 Å². The Bertz CT molecular complexity index is 963. The summed E-state index contributed by atoms with van der Waals surface area (Å²) in [7, 11) is -3.48. The minimum absolute atomic E-state index is 0.00243. The van der Waals surface area contributed by atoms with Crippen LogP contribution in [0.4, 0.5) is 5.69 Å². The molecule has 0 heterocycles. The summed E-state index contributed by atoms with van der Waals surface area (Å²) in [6, 6.07) is 9.02. The number of phenolic OH excluding ortho intramolecular Hbond substituents is 1. The number of aryl methyl sites for hydroxylation is 2. The van der Waals surface area contributed by atoms with Crippen LogP contribution in [0.2, 0.25) is 0 Å². The number of rotatable bonds is 6. The van der Waals surface area contributed by atoms with E-state index in [0.29, 0.717) is 5.56 Å². The molecule has 0 spiro atoms. The van der Waals surface area contributed by atoms with E-state index in [4.69, 9.17) is 0 Å². The van der Waals surface area contributed by atoms with Crippen molar-refractivity contribution in [2.24, 2.45) is 0 Å². The lowest BCUT2D eigenvalue weighted by Gasteiger charge is -2.11. The Morgan fingerprint density at radius 1 is 1.04 bits per heavy atom. The van der Waals surface area contributed by atoms with Gasteiger partial charge < -0.3 is 15.7 Å². The summed E-state index contributed by atoms with van der Waals surface area (Å²) in [5.74, 6) is -1.35. The van der Waals surface area contributed by atoms with Crippen molar-refractivity contribution < 1.29 is 23.1 Å². The first-order valence-electron chi connectivity index (χ1n) is 8.34. The SMILES string of the molecule is CCS(=O)(=O)c1ccc(O)c(NC(=O)CNC(=O)c2cc(C)cc(C)c2)c1. The van der Waals surface area contributed by atoms with E-state index in [0.717, 1.165) is 11.1 Å². The third kappa shape index (κ3) is 5.30. The first-order valence-corrected chi connectivity index (χ1v) is 9.99. The Hall–Kier alpha value is -2.87. The highest BCUT2D eigenvalue weighted by Gasteiger charge is 2.16. The lowest BCUT2D eigenvalue weighted by atomic mass is 10.1. The van der Waals surface area contributed by atoms with Crippen molar-refractivity contribution in [1.82, 2.24) is 5.32 Å². The van der Waals surface area contributed by atoms with Gasteiger partial charge in [0.05, 0.1) is 22.9 Å². The van der Waals surface area contributed by atoms with Gasteiger partial charge >= 0.3 is 0 Å². The van der Waals surface area contributed by atoms with Crippen molar-refractivity contribution in [3.8, 4) is 5.75 Å². The summed E-state index contributed by atoms with van der Waals surface area (Å²) in [5, 5.41) is 14.7. The Balaban J connectivity index is 2.05. The number of aromatic hydroxyl groups is 1. The van der Waals surface area contributed by atoms with Crippen molar-refractivity contribution in [3.05, 3.63) is 53.1 Å². The Morgan fingerprint density at radius 2 is 1.67 bits per heavy atom. The van der Waals surface area contributed by atoms with Crippen molar-refractivity contribution >= 4 is 27.3 Å². The molecular formula is C19H22N2O5S. The van der Waals surface area contributed by atoms with E-state index in [1.807, 2.05) is 19.9 Å². The zero-order valence-corrected chi connectivity index (χ0v) is 16.2. The molecule has 0 bridgehead atoms. The second-order valence-electron chi connectivity index (χ2n) is 6.19. The van der Waals surface area contributed by atoms with Gasteiger partial charge in [-0.25, -0.2) is 8.42 Å². The molecule has 0 unspecified atom stereocenters. The summed E-state index contributed by atoms with van der Waals surface area (Å²) in [4.78, 5) is 24.3. The highest BCUT2D eigenvalue weighted by Crippen LogP contribution is 2.26. The predicted octanol–water partition coefficient (Wildman–Crippen LogP) is 2.17. The van der Waals surface area contributed by atoms with Gasteiger partial charge in [0.1, 0.15) is 5.75 Å². The van der Waals surface area contributed by atoms with Crippen LogP contribution in [0.3, 0.4) is 0 Å². The molecule has 2 amide bonds. The van der Waals surface area contributed by atoms with Gasteiger partial charge in [0, 0.05) is 5.56 Å². The lowest BCUT2D eigenvalue weighted by molar-refractivity contribution is -0.115. The van der Waals surface area contributed by atoms with Gasteiger partial charge in [-0.2, -0.15) is 0 Å². The molecular weight excluding hydrogens is 368 g/mol. The number of anilines is 1. The van der Waals surface area contributed by atoms with E-state index in [1.165, 1.54) is 25.1 Å². The molecule has 0 aliphatic carbocycles. The van der Waals surface area contributed by atoms with Crippen LogP contribution in [0.15, 0.2) is 41.3 Å². The largest absolute Gasteiger partial charge is 0.506 e. The van der Waals surface area contributed by atoms with Crippen LogP contribution < -0.4 is 10.6 Å². The van der Waals surface area contributed by atoms with E-state index >= 15 is 0 Å². The van der Waals surface area contributed by atoms with E-state index < -0.39 is 21.7 Å². The first kappa shape index (κ1) is 20.4. The molecule has 0 aliphatic rings. The number of phenols is 1. The molecule has 0 fully saturated rings. The zero-order valence-electron chi connectivity index (χ0n) is 15.4. The predicted molar refractivity (Wildman–Crippen MR) is 103 cm³/mol. The number of nitrogens with one attached hydrogen (secondary N) is 2. The number of amides is 2. The van der Waals surface area contributed by atoms with Crippen LogP contribution in [0, 0.1) is 13.8 Å². The molecule has 2 aromatic rings. The van der Waals surface area contributed by atoms with Gasteiger partial charge in [-0.1, -0.05) is 24.1 Å². The highest BCUT2D eigenvalue weighted by atomic mass is 32.2. The number of carbonyl (C=O) groups excluding carboxylic acids is 2. The summed E-state index contributed by atoms with van der Waals surface area (Å²) >= 11 is 0. The molecule has 2 aromatic carbocycles. The minimum Gasteiger partial charge on any atom is -0.506 e. The van der Waals surface area contributed by atoms with Gasteiger partial charge in [-0.15, -0.1) is 0 Å². The summed E-state index contributed by atoms with van der Waals surface area (Å²) in [5.41, 5.74) is 2.28. The number of sulfone groups is 1. The van der Waals surface area contributed by atoms with Crippen molar-refractivity contribution in [2.45, 2.75) is 25.7 Å². The topological polar surface area (TPSA) is 113 Å². The van der Waals surface area contributed by atoms with Crippen LogP contribution in [-0.2, 0) is 14.6 Å². The lowest BCUT2D eigenvalue weighted by Crippen LogP contribution is -2.33. The molecule has 0 saturated heterocycles. The maximum absolute atomic E-state index is 12.2. The molecule has 144 valence electrons. The molecule has 0 aliphatic heterocycles. The van der Waals surface area contributed by atoms with E-state index in [9.17, 15) is 23.1 Å². The second kappa shape index (κ2) is 8.22. The summed E-state index contributed by atoms with van der Waals surface area (Å²) < 4.78 is 23.9. The fourth-order valence-electron chi connectivity index (χ4n) is 2.54. The van der Waals surface area contributed by atoms with Gasteiger partial charge in [-0.05, 0) is 44.2 Å². The first-order chi connectivity index (χ1) is 12.6. The summed E-state index contributed by atoms with van der Waals surface area (Å²) in [6.07, 6.45) is 0. The highest BCUT2D eigenvalue weighted by molar-refractivity contribution is 7.91. The maximum atomic E-state index is 12.2.